The van der Waals surface area contributed by atoms with E-state index >= 15 is 0 Å². The maximum atomic E-state index is 12.5. The van der Waals surface area contributed by atoms with Crippen LogP contribution in [0.25, 0.3) is 0 Å². The predicted molar refractivity (Wildman–Crippen MR) is 115 cm³/mol. The molecule has 0 saturated carbocycles. The third kappa shape index (κ3) is 6.83. The van der Waals surface area contributed by atoms with Gasteiger partial charge >= 0.3 is 6.18 Å². The van der Waals surface area contributed by atoms with Crippen LogP contribution < -0.4 is 20.3 Å². The lowest BCUT2D eigenvalue weighted by molar-refractivity contribution is -0.153. The van der Waals surface area contributed by atoms with E-state index < -0.39 is 12.8 Å². The van der Waals surface area contributed by atoms with Gasteiger partial charge in [-0.2, -0.15) is 13.2 Å². The molecule has 1 aliphatic heterocycles. The molecule has 1 fully saturated rings. The number of nitrogens with one attached hydrogen (secondary N) is 2. The van der Waals surface area contributed by atoms with E-state index in [0.29, 0.717) is 24.1 Å². The number of ether oxygens (including phenoxy) is 1. The summed E-state index contributed by atoms with van der Waals surface area (Å²) in [5.74, 6) is 0.872. The number of rotatable bonds is 7. The van der Waals surface area contributed by atoms with Crippen LogP contribution in [0.5, 0.6) is 5.75 Å². The van der Waals surface area contributed by atoms with Gasteiger partial charge in [-0.1, -0.05) is 18.2 Å². The number of thiophene rings is 1. The van der Waals surface area contributed by atoms with Crippen molar-refractivity contribution in [3.05, 3.63) is 47.3 Å². The van der Waals surface area contributed by atoms with Crippen molar-refractivity contribution in [2.24, 2.45) is 4.99 Å². The predicted octanol–water partition coefficient (Wildman–Crippen LogP) is 4.41. The number of guanidine groups is 1. The van der Waals surface area contributed by atoms with Crippen LogP contribution in [-0.2, 0) is 6.54 Å². The zero-order valence-electron chi connectivity index (χ0n) is 16.9. The number of piperidine rings is 1. The van der Waals surface area contributed by atoms with Gasteiger partial charge in [0.2, 0.25) is 0 Å². The lowest BCUT2D eigenvalue weighted by Gasteiger charge is -2.33. The second kappa shape index (κ2) is 10.6. The summed E-state index contributed by atoms with van der Waals surface area (Å²) in [4.78, 5) is 6.96. The van der Waals surface area contributed by atoms with Gasteiger partial charge < -0.3 is 20.3 Å². The fourth-order valence-electron chi connectivity index (χ4n) is 3.31. The highest BCUT2D eigenvalue weighted by Crippen LogP contribution is 2.25. The standard InChI is InChI=1S/C21H27F3N4OS/c1-2-25-20(27-17-9-11-28(12-10-17)19-8-5-13-30-19)26-14-16-6-3-4-7-18(16)29-15-21(22,23)24/h3-8,13,17H,2,9-12,14-15H2,1H3,(H2,25,26,27). The van der Waals surface area contributed by atoms with E-state index in [2.05, 4.69) is 38.0 Å². The Labute approximate surface area is 179 Å². The monoisotopic (exact) mass is 440 g/mol. The van der Waals surface area contributed by atoms with E-state index in [1.165, 1.54) is 11.1 Å². The number of para-hydroxylation sites is 1. The van der Waals surface area contributed by atoms with Crippen LogP contribution in [0.15, 0.2) is 46.8 Å². The van der Waals surface area contributed by atoms with Crippen LogP contribution in [-0.4, -0.2) is 44.4 Å². The van der Waals surface area contributed by atoms with Gasteiger partial charge in [0, 0.05) is 31.2 Å². The molecule has 0 spiro atoms. The Bertz CT molecular complexity index is 803. The highest BCUT2D eigenvalue weighted by molar-refractivity contribution is 7.14. The smallest absolute Gasteiger partial charge is 0.422 e. The first kappa shape index (κ1) is 22.3. The molecule has 0 aliphatic carbocycles. The quantitative estimate of drug-likeness (QED) is 0.495. The van der Waals surface area contributed by atoms with E-state index in [0.717, 1.165) is 25.9 Å². The van der Waals surface area contributed by atoms with Crippen molar-refractivity contribution in [3.8, 4) is 5.75 Å². The van der Waals surface area contributed by atoms with Crippen molar-refractivity contribution in [3.63, 3.8) is 0 Å². The van der Waals surface area contributed by atoms with Gasteiger partial charge in [-0.15, -0.1) is 11.3 Å². The van der Waals surface area contributed by atoms with E-state index in [-0.39, 0.29) is 12.3 Å². The summed E-state index contributed by atoms with van der Waals surface area (Å²) < 4.78 is 42.4. The maximum Gasteiger partial charge on any atom is 0.422 e. The summed E-state index contributed by atoms with van der Waals surface area (Å²) in [6, 6.07) is 11.2. The van der Waals surface area contributed by atoms with Gasteiger partial charge in [0.25, 0.3) is 0 Å². The molecule has 2 aromatic rings. The fraction of sp³-hybridized carbons (Fsp3) is 0.476. The molecule has 2 heterocycles. The van der Waals surface area contributed by atoms with Gasteiger partial charge in [-0.05, 0) is 43.3 Å². The number of hydrogen-bond donors (Lipinski definition) is 2. The van der Waals surface area contributed by atoms with Gasteiger partial charge in [0.15, 0.2) is 12.6 Å². The number of benzene rings is 1. The summed E-state index contributed by atoms with van der Waals surface area (Å²) in [5, 5.41) is 10.1. The summed E-state index contributed by atoms with van der Waals surface area (Å²) in [5.41, 5.74) is 0.617. The summed E-state index contributed by atoms with van der Waals surface area (Å²) in [6.07, 6.45) is -2.38. The van der Waals surface area contributed by atoms with E-state index in [9.17, 15) is 13.2 Å². The lowest BCUT2D eigenvalue weighted by atomic mass is 10.1. The third-order valence-corrected chi connectivity index (χ3v) is 5.70. The Morgan fingerprint density at radius 2 is 1.97 bits per heavy atom. The molecule has 0 amide bonds. The molecule has 0 atom stereocenters. The molecule has 0 bridgehead atoms. The Balaban J connectivity index is 1.57. The zero-order chi connectivity index (χ0) is 21.4. The first-order chi connectivity index (χ1) is 14.4. The SMILES string of the molecule is CCNC(=NCc1ccccc1OCC(F)(F)F)NC1CCN(c2cccs2)CC1. The van der Waals surface area contributed by atoms with Crippen molar-refractivity contribution in [2.45, 2.75) is 38.5 Å². The molecule has 30 heavy (non-hydrogen) atoms. The van der Waals surface area contributed by atoms with Crippen LogP contribution in [0, 0.1) is 0 Å². The van der Waals surface area contributed by atoms with Crippen LogP contribution in [0.2, 0.25) is 0 Å². The number of anilines is 1. The largest absolute Gasteiger partial charge is 0.484 e. The van der Waals surface area contributed by atoms with E-state index in [4.69, 9.17) is 4.74 Å². The highest BCUT2D eigenvalue weighted by atomic mass is 32.1. The lowest BCUT2D eigenvalue weighted by Crippen LogP contribution is -2.48. The molecule has 1 aliphatic rings. The molecule has 0 unspecified atom stereocenters. The molecular weight excluding hydrogens is 413 g/mol. The van der Waals surface area contributed by atoms with Crippen molar-refractivity contribution in [2.75, 3.05) is 31.1 Å². The van der Waals surface area contributed by atoms with Gasteiger partial charge in [0.05, 0.1) is 11.5 Å². The molecule has 1 aromatic heterocycles. The number of alkyl halides is 3. The Hall–Kier alpha value is -2.42. The number of hydrogen-bond acceptors (Lipinski definition) is 4. The Morgan fingerprint density at radius 1 is 1.20 bits per heavy atom. The summed E-state index contributed by atoms with van der Waals surface area (Å²) >= 11 is 1.75. The minimum absolute atomic E-state index is 0.207. The van der Waals surface area contributed by atoms with Crippen molar-refractivity contribution in [1.82, 2.24) is 10.6 Å². The molecule has 3 rings (SSSR count). The van der Waals surface area contributed by atoms with Crippen molar-refractivity contribution >= 4 is 22.3 Å². The number of aliphatic imine (C=N–C) groups is 1. The van der Waals surface area contributed by atoms with Gasteiger partial charge in [-0.25, -0.2) is 4.99 Å². The normalized spacial score (nSPS) is 15.9. The van der Waals surface area contributed by atoms with Crippen molar-refractivity contribution in [1.29, 1.82) is 0 Å². The minimum atomic E-state index is -4.37. The second-order valence-electron chi connectivity index (χ2n) is 7.06. The first-order valence-corrected chi connectivity index (χ1v) is 10.9. The molecule has 164 valence electrons. The average Bonchev–Trinajstić information content (AvgIpc) is 3.26. The molecule has 5 nitrogen and oxygen atoms in total. The Morgan fingerprint density at radius 3 is 2.63 bits per heavy atom. The van der Waals surface area contributed by atoms with E-state index in [1.54, 1.807) is 29.5 Å². The summed E-state index contributed by atoms with van der Waals surface area (Å²) in [6.45, 7) is 3.56. The number of nitrogens with zero attached hydrogens (tertiary/aromatic N) is 2. The minimum Gasteiger partial charge on any atom is -0.484 e. The topological polar surface area (TPSA) is 48.9 Å². The zero-order valence-corrected chi connectivity index (χ0v) is 17.7. The molecule has 2 N–H and O–H groups in total. The fourth-order valence-corrected chi connectivity index (χ4v) is 4.09. The Kier molecular flexibility index (Phi) is 7.84. The van der Waals surface area contributed by atoms with Gasteiger partial charge in [-0.3, -0.25) is 0 Å². The first-order valence-electron chi connectivity index (χ1n) is 10.1. The van der Waals surface area contributed by atoms with Crippen LogP contribution in [0.4, 0.5) is 18.2 Å². The van der Waals surface area contributed by atoms with Crippen molar-refractivity contribution < 1.29 is 17.9 Å². The van der Waals surface area contributed by atoms with E-state index in [1.807, 2.05) is 6.92 Å². The highest BCUT2D eigenvalue weighted by Gasteiger charge is 2.28. The second-order valence-corrected chi connectivity index (χ2v) is 7.99. The maximum absolute atomic E-state index is 12.5. The molecule has 1 aromatic carbocycles. The van der Waals surface area contributed by atoms with Gasteiger partial charge in [0.1, 0.15) is 5.75 Å². The molecule has 0 radical (unpaired) electrons. The molecule has 9 heteroatoms. The van der Waals surface area contributed by atoms with Crippen LogP contribution in [0.1, 0.15) is 25.3 Å². The molecular formula is C21H27F3N4OS. The van der Waals surface area contributed by atoms with Crippen LogP contribution >= 0.6 is 11.3 Å². The third-order valence-electron chi connectivity index (χ3n) is 4.77. The summed E-state index contributed by atoms with van der Waals surface area (Å²) in [7, 11) is 0. The number of halogens is 3. The average molecular weight is 441 g/mol. The molecule has 1 saturated heterocycles. The van der Waals surface area contributed by atoms with Crippen LogP contribution in [0.3, 0.4) is 0 Å².